The van der Waals surface area contributed by atoms with Gasteiger partial charge in [0.15, 0.2) is 0 Å². The molecule has 1 aromatic carbocycles. The van der Waals surface area contributed by atoms with Gasteiger partial charge in [-0.05, 0) is 51.2 Å². The summed E-state index contributed by atoms with van der Waals surface area (Å²) in [5.41, 5.74) is 0.649. The van der Waals surface area contributed by atoms with Gasteiger partial charge in [-0.25, -0.2) is 0 Å². The monoisotopic (exact) mass is 484 g/mol. The quantitative estimate of drug-likeness (QED) is 0.428. The van der Waals surface area contributed by atoms with Crippen molar-refractivity contribution in [1.29, 1.82) is 0 Å². The number of nitrogens with zero attached hydrogens (tertiary/aromatic N) is 2. The Morgan fingerprint density at radius 3 is 2.54 bits per heavy atom. The van der Waals surface area contributed by atoms with Gasteiger partial charge in [0, 0.05) is 18.8 Å². The van der Waals surface area contributed by atoms with Gasteiger partial charge in [0.05, 0.1) is 24.7 Å². The number of β-amino-alcohol motifs (C(OH)–C–C–N with tert-alkyl or cyclic N) is 1. The van der Waals surface area contributed by atoms with Crippen LogP contribution in [0.3, 0.4) is 0 Å². The number of aliphatic hydroxyl groups excluding tert-OH is 1. The summed E-state index contributed by atoms with van der Waals surface area (Å²) in [4.78, 5) is 44.5. The number of fused-ring (bicyclic) bond motifs is 1. The molecule has 0 radical (unpaired) electrons. The highest BCUT2D eigenvalue weighted by molar-refractivity contribution is 6.05. The van der Waals surface area contributed by atoms with E-state index >= 15 is 0 Å². The largest absolute Gasteiger partial charge is 0.466 e. The van der Waals surface area contributed by atoms with E-state index in [0.717, 1.165) is 16.8 Å². The van der Waals surface area contributed by atoms with Gasteiger partial charge in [-0.3, -0.25) is 14.4 Å². The normalized spacial score (nSPS) is 30.9. The van der Waals surface area contributed by atoms with E-state index in [9.17, 15) is 19.5 Å². The Morgan fingerprint density at radius 1 is 1.29 bits per heavy atom. The van der Waals surface area contributed by atoms with Crippen molar-refractivity contribution in [3.8, 4) is 0 Å². The lowest BCUT2D eigenvalue weighted by molar-refractivity contribution is -0.160. The zero-order chi connectivity index (χ0) is 25.5. The SMILES string of the molecule is C=CCN(C(=O)C1N(CCO)C(=O)[C@@H]2[C@@H](C(=O)OCC)[C@@]3(CC)CCC12O3)c1c(C)cccc1C. The molecule has 3 fully saturated rings. The van der Waals surface area contributed by atoms with Crippen LogP contribution in [0, 0.1) is 25.7 Å². The lowest BCUT2D eigenvalue weighted by Gasteiger charge is -2.37. The molecule has 0 saturated carbocycles. The number of esters is 1. The number of amides is 2. The molecule has 1 N–H and O–H groups in total. The van der Waals surface area contributed by atoms with E-state index in [-0.39, 0.29) is 38.1 Å². The summed E-state index contributed by atoms with van der Waals surface area (Å²) in [5, 5.41) is 9.81. The minimum absolute atomic E-state index is 0.0137. The average Bonchev–Trinajstić information content (AvgIpc) is 3.42. The first-order valence-electron chi connectivity index (χ1n) is 12.5. The van der Waals surface area contributed by atoms with Crippen LogP contribution < -0.4 is 4.90 Å². The van der Waals surface area contributed by atoms with Gasteiger partial charge in [0.2, 0.25) is 5.91 Å². The molecule has 3 aliphatic heterocycles. The highest BCUT2D eigenvalue weighted by atomic mass is 16.6. The lowest BCUT2D eigenvalue weighted by atomic mass is 9.65. The van der Waals surface area contributed by atoms with E-state index in [1.807, 2.05) is 39.0 Å². The molecular formula is C27H36N2O6. The van der Waals surface area contributed by atoms with E-state index in [1.54, 1.807) is 17.9 Å². The Kier molecular flexibility index (Phi) is 6.81. The van der Waals surface area contributed by atoms with Crippen LogP contribution in [0.1, 0.15) is 44.2 Å². The molecule has 5 atom stereocenters. The van der Waals surface area contributed by atoms with Crippen molar-refractivity contribution in [2.45, 2.75) is 64.2 Å². The molecule has 190 valence electrons. The topological polar surface area (TPSA) is 96.4 Å². The molecular weight excluding hydrogens is 448 g/mol. The van der Waals surface area contributed by atoms with Gasteiger partial charge >= 0.3 is 5.97 Å². The first-order chi connectivity index (χ1) is 16.7. The number of aliphatic hydroxyl groups is 1. The molecule has 4 rings (SSSR count). The van der Waals surface area contributed by atoms with Crippen molar-refractivity contribution in [2.24, 2.45) is 11.8 Å². The Balaban J connectivity index is 1.84. The fourth-order valence-electron chi connectivity index (χ4n) is 6.74. The van der Waals surface area contributed by atoms with Gasteiger partial charge in [-0.1, -0.05) is 31.2 Å². The Morgan fingerprint density at radius 2 is 1.97 bits per heavy atom. The Bertz CT molecular complexity index is 1020. The van der Waals surface area contributed by atoms with Crippen molar-refractivity contribution in [1.82, 2.24) is 4.90 Å². The summed E-state index contributed by atoms with van der Waals surface area (Å²) < 4.78 is 12.1. The van der Waals surface area contributed by atoms with Crippen molar-refractivity contribution in [2.75, 3.05) is 31.2 Å². The number of hydrogen-bond acceptors (Lipinski definition) is 6. The molecule has 1 spiro atoms. The molecule has 35 heavy (non-hydrogen) atoms. The van der Waals surface area contributed by atoms with E-state index < -0.39 is 35.0 Å². The second-order valence-corrected chi connectivity index (χ2v) is 9.82. The van der Waals surface area contributed by atoms with Crippen molar-refractivity contribution in [3.05, 3.63) is 42.0 Å². The van der Waals surface area contributed by atoms with E-state index in [4.69, 9.17) is 9.47 Å². The van der Waals surface area contributed by atoms with Crippen LogP contribution in [0.2, 0.25) is 0 Å². The molecule has 1 aromatic rings. The molecule has 3 heterocycles. The molecule has 2 unspecified atom stereocenters. The van der Waals surface area contributed by atoms with Crippen molar-refractivity contribution >= 4 is 23.5 Å². The number of anilines is 1. The number of carbonyl (C=O) groups is 3. The summed E-state index contributed by atoms with van der Waals surface area (Å²) in [7, 11) is 0. The molecule has 2 bridgehead atoms. The number of likely N-dealkylation sites (tertiary alicyclic amines) is 1. The molecule has 3 aliphatic rings. The number of benzene rings is 1. The predicted octanol–water partition coefficient (Wildman–Crippen LogP) is 2.53. The summed E-state index contributed by atoms with van der Waals surface area (Å²) in [6, 6.07) is 4.86. The number of carbonyl (C=O) groups excluding carboxylic acids is 3. The van der Waals surface area contributed by atoms with Gasteiger partial charge in [-0.15, -0.1) is 6.58 Å². The van der Waals surface area contributed by atoms with Crippen LogP contribution in [0.4, 0.5) is 5.69 Å². The smallest absolute Gasteiger partial charge is 0.312 e. The maximum atomic E-state index is 14.4. The first-order valence-corrected chi connectivity index (χ1v) is 12.5. The summed E-state index contributed by atoms with van der Waals surface area (Å²) in [6.07, 6.45) is 3.25. The van der Waals surface area contributed by atoms with E-state index in [2.05, 4.69) is 6.58 Å². The summed E-state index contributed by atoms with van der Waals surface area (Å²) >= 11 is 0. The van der Waals surface area contributed by atoms with E-state index in [1.165, 1.54) is 4.90 Å². The third kappa shape index (κ3) is 3.61. The second kappa shape index (κ2) is 9.39. The molecule has 8 nitrogen and oxygen atoms in total. The molecule has 3 saturated heterocycles. The fourth-order valence-corrected chi connectivity index (χ4v) is 6.74. The maximum Gasteiger partial charge on any atom is 0.312 e. The minimum atomic E-state index is -1.15. The zero-order valence-electron chi connectivity index (χ0n) is 21.1. The minimum Gasteiger partial charge on any atom is -0.466 e. The average molecular weight is 485 g/mol. The maximum absolute atomic E-state index is 14.4. The number of aryl methyl sites for hydroxylation is 2. The zero-order valence-corrected chi connectivity index (χ0v) is 21.1. The predicted molar refractivity (Wildman–Crippen MR) is 131 cm³/mol. The number of para-hydroxylation sites is 1. The van der Waals surface area contributed by atoms with Gasteiger partial charge in [0.25, 0.3) is 5.91 Å². The lowest BCUT2D eigenvalue weighted by Crippen LogP contribution is -2.57. The highest BCUT2D eigenvalue weighted by Crippen LogP contribution is 2.64. The van der Waals surface area contributed by atoms with Crippen LogP contribution in [0.5, 0.6) is 0 Å². The first kappa shape index (κ1) is 25.4. The fraction of sp³-hybridized carbons (Fsp3) is 0.593. The third-order valence-corrected chi connectivity index (χ3v) is 8.08. The summed E-state index contributed by atoms with van der Waals surface area (Å²) in [5.74, 6) is -2.67. The number of hydrogen-bond donors (Lipinski definition) is 1. The van der Waals surface area contributed by atoms with Gasteiger partial charge in [-0.2, -0.15) is 0 Å². The third-order valence-electron chi connectivity index (χ3n) is 8.08. The molecule has 0 aromatic heterocycles. The summed E-state index contributed by atoms with van der Waals surface area (Å²) in [6.45, 7) is 11.6. The number of rotatable bonds is 9. The van der Waals surface area contributed by atoms with Crippen LogP contribution in [0.25, 0.3) is 0 Å². The van der Waals surface area contributed by atoms with E-state index in [0.29, 0.717) is 19.3 Å². The molecule has 0 aliphatic carbocycles. The molecule has 8 heteroatoms. The second-order valence-electron chi connectivity index (χ2n) is 9.82. The molecule has 2 amide bonds. The highest BCUT2D eigenvalue weighted by Gasteiger charge is 2.79. The van der Waals surface area contributed by atoms with Crippen LogP contribution >= 0.6 is 0 Å². The van der Waals surface area contributed by atoms with Crippen LogP contribution in [-0.4, -0.2) is 71.3 Å². The van der Waals surface area contributed by atoms with Crippen molar-refractivity contribution < 1.29 is 29.0 Å². The van der Waals surface area contributed by atoms with Crippen molar-refractivity contribution in [3.63, 3.8) is 0 Å². The Hall–Kier alpha value is -2.71. The van der Waals surface area contributed by atoms with Gasteiger partial charge < -0.3 is 24.4 Å². The number of ether oxygens (including phenoxy) is 2. The van der Waals surface area contributed by atoms with Crippen LogP contribution in [-0.2, 0) is 23.9 Å². The van der Waals surface area contributed by atoms with Gasteiger partial charge in [0.1, 0.15) is 17.6 Å². The standard InChI is InChI=1S/C27H36N2O6/c1-6-14-28(21-17(4)10-9-11-18(21)5)24(32)22-27-13-12-26(7-2,35-27)20(25(33)34-8-3)19(27)23(31)29(22)15-16-30/h6,9-11,19-20,22,30H,1,7-8,12-16H2,2-5H3/t19-,20-,22?,26+,27?/m0/s1. The van der Waals surface area contributed by atoms with Crippen LogP contribution in [0.15, 0.2) is 30.9 Å². The Labute approximate surface area is 206 Å².